The molecule has 28 heavy (non-hydrogen) atoms. The van der Waals surface area contributed by atoms with Crippen LogP contribution < -0.4 is 0 Å². The van der Waals surface area contributed by atoms with Crippen molar-refractivity contribution in [2.75, 3.05) is 13.7 Å². The third-order valence-corrected chi connectivity index (χ3v) is 4.79. The number of rotatable bonds is 6. The van der Waals surface area contributed by atoms with Gasteiger partial charge < -0.3 is 4.74 Å². The van der Waals surface area contributed by atoms with Gasteiger partial charge in [-0.2, -0.15) is 0 Å². The van der Waals surface area contributed by atoms with Crippen molar-refractivity contribution in [1.82, 2.24) is 14.8 Å². The average Bonchev–Trinajstić information content (AvgIpc) is 2.89. The number of amides is 4. The Morgan fingerprint density at radius 1 is 1.11 bits per heavy atom. The van der Waals surface area contributed by atoms with Gasteiger partial charge >= 0.3 is 23.8 Å². The molecule has 0 saturated carbocycles. The zero-order valence-corrected chi connectivity index (χ0v) is 16.0. The van der Waals surface area contributed by atoms with Gasteiger partial charge in [-0.25, -0.2) is 19.5 Å². The normalized spacial score (nSPS) is 14.3. The number of benzene rings is 1. The number of carbonyl (C=O) groups excluding carboxylic acids is 4. The van der Waals surface area contributed by atoms with E-state index in [1.54, 1.807) is 19.1 Å². The quantitative estimate of drug-likeness (QED) is 0.432. The molecule has 1 aromatic heterocycles. The SMILES string of the molecule is CCCCN1C(=O)C(=O)N(Cc2nc3ccccc3c(C)c2C(=O)OC)C1=O. The number of aromatic nitrogens is 1. The molecule has 8 nitrogen and oxygen atoms in total. The predicted octanol–water partition coefficient (Wildman–Crippen LogP) is 2.42. The number of ether oxygens (including phenoxy) is 1. The number of imide groups is 2. The first kappa shape index (κ1) is 19.5. The topological polar surface area (TPSA) is 96.9 Å². The van der Waals surface area contributed by atoms with Gasteiger partial charge in [-0.1, -0.05) is 31.5 Å². The van der Waals surface area contributed by atoms with Crippen molar-refractivity contribution in [2.24, 2.45) is 0 Å². The van der Waals surface area contributed by atoms with Crippen molar-refractivity contribution in [3.05, 3.63) is 41.1 Å². The van der Waals surface area contributed by atoms with Crippen molar-refractivity contribution >= 4 is 34.7 Å². The number of methoxy groups -OCH3 is 1. The first-order valence-corrected chi connectivity index (χ1v) is 9.04. The smallest absolute Gasteiger partial charge is 0.340 e. The number of nitrogens with zero attached hydrogens (tertiary/aromatic N) is 3. The molecular weight excluding hydrogens is 362 g/mol. The van der Waals surface area contributed by atoms with E-state index in [9.17, 15) is 19.2 Å². The van der Waals surface area contributed by atoms with E-state index >= 15 is 0 Å². The minimum absolute atomic E-state index is 0.185. The summed E-state index contributed by atoms with van der Waals surface area (Å²) in [5.74, 6) is -2.38. The second-order valence-electron chi connectivity index (χ2n) is 6.55. The minimum Gasteiger partial charge on any atom is -0.465 e. The maximum atomic E-state index is 12.6. The van der Waals surface area contributed by atoms with Gasteiger partial charge in [0.15, 0.2) is 0 Å². The number of aryl methyl sites for hydroxylation is 1. The lowest BCUT2D eigenvalue weighted by Crippen LogP contribution is -2.34. The van der Waals surface area contributed by atoms with Crippen LogP contribution in [0.25, 0.3) is 10.9 Å². The first-order chi connectivity index (χ1) is 13.4. The minimum atomic E-state index is -0.912. The van der Waals surface area contributed by atoms with E-state index in [2.05, 4.69) is 4.98 Å². The molecule has 4 amide bonds. The summed E-state index contributed by atoms with van der Waals surface area (Å²) in [4.78, 5) is 55.8. The van der Waals surface area contributed by atoms with E-state index < -0.39 is 23.8 Å². The lowest BCUT2D eigenvalue weighted by atomic mass is 10.0. The number of para-hydroxylation sites is 1. The standard InChI is InChI=1S/C20H21N3O5/c1-4-5-10-22-17(24)18(25)23(20(22)27)11-15-16(19(26)28-3)12(2)13-8-6-7-9-14(13)21-15/h6-9H,4-5,10-11H2,1-3H3. The Kier molecular flexibility index (Phi) is 5.39. The average molecular weight is 383 g/mol. The Morgan fingerprint density at radius 2 is 1.79 bits per heavy atom. The van der Waals surface area contributed by atoms with Crippen LogP contribution in [0.1, 0.15) is 41.4 Å². The highest BCUT2D eigenvalue weighted by molar-refractivity contribution is 6.44. The molecule has 1 aliphatic heterocycles. The molecule has 0 aliphatic carbocycles. The summed E-state index contributed by atoms with van der Waals surface area (Å²) in [5.41, 5.74) is 1.67. The van der Waals surface area contributed by atoms with E-state index in [-0.39, 0.29) is 24.3 Å². The van der Waals surface area contributed by atoms with Crippen molar-refractivity contribution in [1.29, 1.82) is 0 Å². The van der Waals surface area contributed by atoms with E-state index in [1.807, 2.05) is 19.1 Å². The lowest BCUT2D eigenvalue weighted by molar-refractivity contribution is -0.143. The van der Waals surface area contributed by atoms with Gasteiger partial charge in [0, 0.05) is 11.9 Å². The third kappa shape index (κ3) is 3.21. The van der Waals surface area contributed by atoms with Crippen molar-refractivity contribution in [3.63, 3.8) is 0 Å². The van der Waals surface area contributed by atoms with Crippen molar-refractivity contribution in [3.8, 4) is 0 Å². The summed E-state index contributed by atoms with van der Waals surface area (Å²) in [7, 11) is 1.25. The summed E-state index contributed by atoms with van der Waals surface area (Å²) in [5, 5.41) is 0.770. The zero-order valence-electron chi connectivity index (χ0n) is 16.0. The van der Waals surface area contributed by atoms with E-state index in [0.29, 0.717) is 17.5 Å². The molecule has 0 bridgehead atoms. The van der Waals surface area contributed by atoms with Crippen LogP contribution in [0.5, 0.6) is 0 Å². The second-order valence-corrected chi connectivity index (χ2v) is 6.55. The summed E-state index contributed by atoms with van der Waals surface area (Å²) < 4.78 is 4.88. The highest BCUT2D eigenvalue weighted by Gasteiger charge is 2.44. The Balaban J connectivity index is 2.04. The maximum Gasteiger partial charge on any atom is 0.340 e. The molecule has 1 aliphatic rings. The van der Waals surface area contributed by atoms with Gasteiger partial charge in [0.25, 0.3) is 0 Å². The highest BCUT2D eigenvalue weighted by atomic mass is 16.5. The van der Waals surface area contributed by atoms with E-state index in [4.69, 9.17) is 4.74 Å². The number of unbranched alkanes of at least 4 members (excludes halogenated alkanes) is 1. The van der Waals surface area contributed by atoms with Crippen LogP contribution in [0.4, 0.5) is 4.79 Å². The Hall–Kier alpha value is -3.29. The van der Waals surface area contributed by atoms with E-state index in [1.165, 1.54) is 7.11 Å². The molecule has 1 saturated heterocycles. The molecule has 3 rings (SSSR count). The van der Waals surface area contributed by atoms with Gasteiger partial charge in [-0.15, -0.1) is 0 Å². The maximum absolute atomic E-state index is 12.6. The van der Waals surface area contributed by atoms with Gasteiger partial charge in [0.2, 0.25) is 0 Å². The summed E-state index contributed by atoms with van der Waals surface area (Å²) in [6, 6.07) is 6.55. The third-order valence-electron chi connectivity index (χ3n) is 4.79. The van der Waals surface area contributed by atoms with Crippen molar-refractivity contribution < 1.29 is 23.9 Å². The first-order valence-electron chi connectivity index (χ1n) is 9.04. The number of pyridine rings is 1. The fourth-order valence-electron chi connectivity index (χ4n) is 3.28. The van der Waals surface area contributed by atoms with Gasteiger partial charge in [0.05, 0.1) is 30.4 Å². The molecular formula is C20H21N3O5. The number of hydrogen-bond acceptors (Lipinski definition) is 6. The molecule has 146 valence electrons. The van der Waals surface area contributed by atoms with Crippen molar-refractivity contribution in [2.45, 2.75) is 33.2 Å². The number of carbonyl (C=O) groups is 4. The van der Waals surface area contributed by atoms with Crippen LogP contribution in [0.2, 0.25) is 0 Å². The molecule has 2 aromatic rings. The number of urea groups is 1. The van der Waals surface area contributed by atoms with Gasteiger partial charge in [0.1, 0.15) is 0 Å². The molecule has 8 heteroatoms. The molecule has 0 radical (unpaired) electrons. The molecule has 2 heterocycles. The molecule has 1 fully saturated rings. The fourth-order valence-corrected chi connectivity index (χ4v) is 3.28. The summed E-state index contributed by atoms with van der Waals surface area (Å²) in [6.45, 7) is 3.59. The molecule has 0 atom stereocenters. The zero-order chi connectivity index (χ0) is 20.4. The van der Waals surface area contributed by atoms with E-state index in [0.717, 1.165) is 21.6 Å². The predicted molar refractivity (Wildman–Crippen MR) is 100 cm³/mol. The highest BCUT2D eigenvalue weighted by Crippen LogP contribution is 2.26. The lowest BCUT2D eigenvalue weighted by Gasteiger charge is -2.18. The van der Waals surface area contributed by atoms with Crippen LogP contribution in [0, 0.1) is 6.92 Å². The van der Waals surface area contributed by atoms with Gasteiger partial charge in [-0.3, -0.25) is 14.5 Å². The van der Waals surface area contributed by atoms with Crippen LogP contribution >= 0.6 is 0 Å². The number of fused-ring (bicyclic) bond motifs is 1. The van der Waals surface area contributed by atoms with Crippen LogP contribution in [0.15, 0.2) is 24.3 Å². The monoisotopic (exact) mass is 383 g/mol. The number of esters is 1. The fraction of sp³-hybridized carbons (Fsp3) is 0.350. The molecule has 0 N–H and O–H groups in total. The van der Waals surface area contributed by atoms with Gasteiger partial charge in [-0.05, 0) is 25.0 Å². The summed E-state index contributed by atoms with van der Waals surface area (Å²) >= 11 is 0. The van der Waals surface area contributed by atoms with Crippen LogP contribution in [-0.2, 0) is 20.9 Å². The molecule has 0 spiro atoms. The largest absolute Gasteiger partial charge is 0.465 e. The Bertz CT molecular complexity index is 985. The second kappa shape index (κ2) is 7.75. The van der Waals surface area contributed by atoms with Crippen LogP contribution in [-0.4, -0.2) is 52.3 Å². The Morgan fingerprint density at radius 3 is 2.46 bits per heavy atom. The summed E-state index contributed by atoms with van der Waals surface area (Å²) in [6.07, 6.45) is 1.39. The molecule has 1 aromatic carbocycles. The number of hydrogen-bond donors (Lipinski definition) is 0. The van der Waals surface area contributed by atoms with Crippen LogP contribution in [0.3, 0.4) is 0 Å². The Labute approximate surface area is 162 Å². The molecule has 0 unspecified atom stereocenters.